The number of fused-ring (bicyclic) bond motifs is 1. The highest BCUT2D eigenvalue weighted by atomic mass is 28.4. The van der Waals surface area contributed by atoms with Gasteiger partial charge in [-0.3, -0.25) is 4.98 Å². The molecule has 0 amide bonds. The number of nitrogens with one attached hydrogen (secondary N) is 1. The monoisotopic (exact) mass is 262 g/mol. The van der Waals surface area contributed by atoms with Gasteiger partial charge in [-0.1, -0.05) is 20.8 Å². The molecule has 2 aromatic heterocycles. The maximum atomic E-state index is 6.24. The van der Waals surface area contributed by atoms with Crippen LogP contribution in [0.5, 0.6) is 0 Å². The summed E-state index contributed by atoms with van der Waals surface area (Å²) in [6.45, 7) is 12.0. The minimum Gasteiger partial charge on any atom is -0.412 e. The fraction of sp³-hybridized carbons (Fsp3) is 0.500. The van der Waals surface area contributed by atoms with Crippen molar-refractivity contribution in [3.8, 4) is 0 Å². The van der Waals surface area contributed by atoms with Gasteiger partial charge in [0.15, 0.2) is 8.32 Å². The van der Waals surface area contributed by atoms with Crippen LogP contribution in [-0.2, 0) is 11.0 Å². The third-order valence-electron chi connectivity index (χ3n) is 3.94. The van der Waals surface area contributed by atoms with E-state index in [1.807, 2.05) is 24.7 Å². The third-order valence-corrected chi connectivity index (χ3v) is 8.42. The summed E-state index contributed by atoms with van der Waals surface area (Å²) in [7, 11) is -1.70. The van der Waals surface area contributed by atoms with Crippen LogP contribution in [0.3, 0.4) is 0 Å². The van der Waals surface area contributed by atoms with Crippen molar-refractivity contribution in [3.05, 3.63) is 30.2 Å². The molecule has 0 fully saturated rings. The van der Waals surface area contributed by atoms with Crippen molar-refractivity contribution in [3.63, 3.8) is 0 Å². The van der Waals surface area contributed by atoms with Crippen LogP contribution in [0, 0.1) is 0 Å². The Hall–Kier alpha value is -1.13. The van der Waals surface area contributed by atoms with Gasteiger partial charge in [-0.25, -0.2) is 0 Å². The molecule has 0 aromatic carbocycles. The number of aromatic amines is 1. The van der Waals surface area contributed by atoms with Crippen LogP contribution in [0.15, 0.2) is 24.7 Å². The number of H-pyrrole nitrogens is 1. The van der Waals surface area contributed by atoms with E-state index >= 15 is 0 Å². The molecule has 1 N–H and O–H groups in total. The average Bonchev–Trinajstić information content (AvgIpc) is 2.73. The topological polar surface area (TPSA) is 37.9 Å². The lowest BCUT2D eigenvalue weighted by atomic mass is 10.2. The largest absolute Gasteiger partial charge is 0.412 e. The van der Waals surface area contributed by atoms with Crippen molar-refractivity contribution in [1.82, 2.24) is 9.97 Å². The number of hydrogen-bond acceptors (Lipinski definition) is 2. The molecule has 4 heteroatoms. The molecule has 2 heterocycles. The Balaban J connectivity index is 2.18. The molecule has 0 atom stereocenters. The number of rotatable bonds is 3. The van der Waals surface area contributed by atoms with E-state index in [0.29, 0.717) is 6.61 Å². The van der Waals surface area contributed by atoms with E-state index in [0.717, 1.165) is 16.5 Å². The van der Waals surface area contributed by atoms with Crippen molar-refractivity contribution in [1.29, 1.82) is 0 Å². The second-order valence-electron chi connectivity index (χ2n) is 6.29. The number of hydrogen-bond donors (Lipinski definition) is 1. The van der Waals surface area contributed by atoms with Crippen LogP contribution in [0.1, 0.15) is 26.3 Å². The molecule has 0 spiro atoms. The number of nitrogens with zero attached hydrogens (tertiary/aromatic N) is 1. The van der Waals surface area contributed by atoms with Gasteiger partial charge in [0.05, 0.1) is 12.1 Å². The van der Waals surface area contributed by atoms with Gasteiger partial charge < -0.3 is 9.41 Å². The second kappa shape index (κ2) is 4.52. The lowest BCUT2D eigenvalue weighted by Gasteiger charge is -2.36. The van der Waals surface area contributed by atoms with Crippen molar-refractivity contribution in [2.24, 2.45) is 0 Å². The predicted octanol–water partition coefficient (Wildman–Crippen LogP) is 4.08. The summed E-state index contributed by atoms with van der Waals surface area (Å²) < 4.78 is 6.24. The third kappa shape index (κ3) is 2.49. The molecule has 0 aliphatic rings. The van der Waals surface area contributed by atoms with Crippen molar-refractivity contribution >= 4 is 19.2 Å². The lowest BCUT2D eigenvalue weighted by Crippen LogP contribution is -2.40. The van der Waals surface area contributed by atoms with E-state index in [4.69, 9.17) is 4.43 Å². The Morgan fingerprint density at radius 3 is 2.67 bits per heavy atom. The molecule has 0 unspecified atom stereocenters. The molecule has 98 valence electrons. The molecule has 0 saturated heterocycles. The minimum absolute atomic E-state index is 0.240. The summed E-state index contributed by atoms with van der Waals surface area (Å²) >= 11 is 0. The highest BCUT2D eigenvalue weighted by Crippen LogP contribution is 2.37. The quantitative estimate of drug-likeness (QED) is 0.846. The molecule has 0 saturated carbocycles. The second-order valence-corrected chi connectivity index (χ2v) is 11.1. The van der Waals surface area contributed by atoms with Crippen molar-refractivity contribution < 1.29 is 4.43 Å². The lowest BCUT2D eigenvalue weighted by molar-refractivity contribution is 0.277. The maximum Gasteiger partial charge on any atom is 0.192 e. The average molecular weight is 262 g/mol. The fourth-order valence-corrected chi connectivity index (χ4v) is 2.57. The normalized spacial score (nSPS) is 13.2. The van der Waals surface area contributed by atoms with Crippen LogP contribution >= 0.6 is 0 Å². The summed E-state index contributed by atoms with van der Waals surface area (Å²) in [4.78, 5) is 7.52. The molecular formula is C14H22N2OSi. The van der Waals surface area contributed by atoms with Gasteiger partial charge in [-0.2, -0.15) is 0 Å². The zero-order chi connectivity index (χ0) is 13.4. The Bertz CT molecular complexity index is 540. The zero-order valence-electron chi connectivity index (χ0n) is 11.9. The van der Waals surface area contributed by atoms with E-state index in [2.05, 4.69) is 43.8 Å². The molecule has 2 aromatic rings. The first kappa shape index (κ1) is 13.3. The van der Waals surface area contributed by atoms with Gasteiger partial charge in [-0.05, 0) is 24.2 Å². The van der Waals surface area contributed by atoms with Crippen LogP contribution in [0.25, 0.3) is 10.9 Å². The molecule has 0 bridgehead atoms. The molecule has 0 aliphatic carbocycles. The van der Waals surface area contributed by atoms with Gasteiger partial charge in [0.2, 0.25) is 0 Å². The van der Waals surface area contributed by atoms with Gasteiger partial charge >= 0.3 is 0 Å². The van der Waals surface area contributed by atoms with Crippen molar-refractivity contribution in [2.75, 3.05) is 0 Å². The van der Waals surface area contributed by atoms with E-state index < -0.39 is 8.32 Å². The zero-order valence-corrected chi connectivity index (χ0v) is 12.9. The van der Waals surface area contributed by atoms with Crippen LogP contribution in [0.4, 0.5) is 0 Å². The smallest absolute Gasteiger partial charge is 0.192 e. The van der Waals surface area contributed by atoms with E-state index in [1.54, 1.807) is 0 Å². The van der Waals surface area contributed by atoms with Crippen LogP contribution < -0.4 is 0 Å². The van der Waals surface area contributed by atoms with Crippen LogP contribution in [0.2, 0.25) is 18.1 Å². The van der Waals surface area contributed by atoms with Gasteiger partial charge in [0, 0.05) is 29.5 Å². The Morgan fingerprint density at radius 2 is 2.00 bits per heavy atom. The predicted molar refractivity (Wildman–Crippen MR) is 78.1 cm³/mol. The SMILES string of the molecule is CC(C)(C)[Si](C)(C)OCc1cncc2cc[nH]c12. The molecular weight excluding hydrogens is 240 g/mol. The Labute approximate surface area is 110 Å². The summed E-state index contributed by atoms with van der Waals surface area (Å²) in [5.74, 6) is 0. The highest BCUT2D eigenvalue weighted by molar-refractivity contribution is 6.74. The molecule has 18 heavy (non-hydrogen) atoms. The van der Waals surface area contributed by atoms with Gasteiger partial charge in [-0.15, -0.1) is 0 Å². The van der Waals surface area contributed by atoms with Crippen molar-refractivity contribution in [2.45, 2.75) is 45.5 Å². The molecule has 2 rings (SSSR count). The van der Waals surface area contributed by atoms with E-state index in [9.17, 15) is 0 Å². The minimum atomic E-state index is -1.70. The van der Waals surface area contributed by atoms with E-state index in [-0.39, 0.29) is 5.04 Å². The standard InChI is InChI=1S/C14H22N2OSi/c1-14(2,3)18(4,5)17-10-12-9-15-8-11-6-7-16-13(11)12/h6-9,16H,10H2,1-5H3. The number of pyridine rings is 1. The molecule has 0 radical (unpaired) electrons. The van der Waals surface area contributed by atoms with Gasteiger partial charge in [0.1, 0.15) is 0 Å². The summed E-state index contributed by atoms with van der Waals surface area (Å²) in [6, 6.07) is 2.04. The Morgan fingerprint density at radius 1 is 1.28 bits per heavy atom. The first-order valence-electron chi connectivity index (χ1n) is 6.35. The summed E-state index contributed by atoms with van der Waals surface area (Å²) in [5, 5.41) is 1.38. The molecule has 3 nitrogen and oxygen atoms in total. The maximum absolute atomic E-state index is 6.24. The molecule has 0 aliphatic heterocycles. The Kier molecular flexibility index (Phi) is 3.34. The van der Waals surface area contributed by atoms with Gasteiger partial charge in [0.25, 0.3) is 0 Å². The first-order valence-corrected chi connectivity index (χ1v) is 9.26. The summed E-state index contributed by atoms with van der Waals surface area (Å²) in [5.41, 5.74) is 2.28. The summed E-state index contributed by atoms with van der Waals surface area (Å²) in [6.07, 6.45) is 5.72. The fourth-order valence-electron chi connectivity index (χ4n) is 1.62. The highest BCUT2D eigenvalue weighted by Gasteiger charge is 2.37. The van der Waals surface area contributed by atoms with E-state index in [1.165, 1.54) is 0 Å². The van der Waals surface area contributed by atoms with Crippen LogP contribution in [-0.4, -0.2) is 18.3 Å². The number of aromatic nitrogens is 2. The first-order chi connectivity index (χ1) is 8.31.